The number of rotatable bonds is 3. The van der Waals surface area contributed by atoms with Gasteiger partial charge >= 0.3 is 0 Å². The first-order valence-corrected chi connectivity index (χ1v) is 6.03. The summed E-state index contributed by atoms with van der Waals surface area (Å²) in [5.41, 5.74) is 6.28. The molecule has 6 nitrogen and oxygen atoms in total. The number of fused-ring (bicyclic) bond motifs is 1. The molecule has 3 rings (SSSR count). The van der Waals surface area contributed by atoms with Crippen molar-refractivity contribution in [3.63, 3.8) is 0 Å². The van der Waals surface area contributed by atoms with Gasteiger partial charge in [-0.15, -0.1) is 5.10 Å². The molecule has 0 amide bonds. The lowest BCUT2D eigenvalue weighted by molar-refractivity contribution is 0.218. The summed E-state index contributed by atoms with van der Waals surface area (Å²) < 4.78 is 20.4. The van der Waals surface area contributed by atoms with Crippen LogP contribution in [0.1, 0.15) is 18.7 Å². The van der Waals surface area contributed by atoms with E-state index in [1.54, 1.807) is 24.4 Å². The van der Waals surface area contributed by atoms with Gasteiger partial charge in [0.25, 0.3) is 5.78 Å². The molecule has 0 radical (unpaired) electrons. The van der Waals surface area contributed by atoms with E-state index in [1.165, 1.54) is 16.6 Å². The zero-order valence-electron chi connectivity index (χ0n) is 10.7. The van der Waals surface area contributed by atoms with E-state index in [0.29, 0.717) is 11.5 Å². The Balaban J connectivity index is 1.94. The minimum Gasteiger partial charge on any atom is -0.484 e. The number of benzene rings is 1. The third-order valence-corrected chi connectivity index (χ3v) is 2.81. The molecule has 0 spiro atoms. The molecule has 2 N–H and O–H groups in total. The van der Waals surface area contributed by atoms with Gasteiger partial charge in [-0.2, -0.15) is 9.50 Å². The van der Waals surface area contributed by atoms with Crippen molar-refractivity contribution in [3.8, 4) is 5.75 Å². The minimum absolute atomic E-state index is 0.142. The van der Waals surface area contributed by atoms with Gasteiger partial charge in [-0.1, -0.05) is 6.07 Å². The lowest BCUT2D eigenvalue weighted by Gasteiger charge is -2.15. The summed E-state index contributed by atoms with van der Waals surface area (Å²) in [5.74, 6) is 0.632. The highest BCUT2D eigenvalue weighted by Gasteiger charge is 2.14. The standard InChI is InChI=1S/C13H12FN5O/c1-8(20-10-4-2-3-9(14)7-10)11-5-6-16-13-17-12(15)18-19(11)13/h2-8H,1H3,(H2,15,18)/t8-/m0/s1. The quantitative estimate of drug-likeness (QED) is 0.789. The summed E-state index contributed by atoms with van der Waals surface area (Å²) in [7, 11) is 0. The number of hydrogen-bond acceptors (Lipinski definition) is 5. The fraction of sp³-hybridized carbons (Fsp3) is 0.154. The lowest BCUT2D eigenvalue weighted by Crippen LogP contribution is -2.10. The molecule has 0 saturated carbocycles. The second kappa shape index (κ2) is 4.76. The summed E-state index contributed by atoms with van der Waals surface area (Å²) in [4.78, 5) is 8.04. The number of nitrogen functional groups attached to an aromatic ring is 1. The Hall–Kier alpha value is -2.70. The molecule has 1 aromatic carbocycles. The molecule has 0 fully saturated rings. The van der Waals surface area contributed by atoms with E-state index in [-0.39, 0.29) is 17.9 Å². The van der Waals surface area contributed by atoms with Gasteiger partial charge in [0, 0.05) is 12.3 Å². The van der Waals surface area contributed by atoms with Crippen LogP contribution in [0.15, 0.2) is 36.5 Å². The molecule has 0 saturated heterocycles. The topological polar surface area (TPSA) is 78.3 Å². The van der Waals surface area contributed by atoms with Gasteiger partial charge in [0.05, 0.1) is 5.69 Å². The Kier molecular flexibility index (Phi) is 2.94. The number of anilines is 1. The van der Waals surface area contributed by atoms with Crippen LogP contribution in [0.25, 0.3) is 5.78 Å². The normalized spacial score (nSPS) is 12.5. The van der Waals surface area contributed by atoms with Crippen LogP contribution in [-0.4, -0.2) is 19.6 Å². The average molecular weight is 273 g/mol. The second-order valence-corrected chi connectivity index (χ2v) is 4.27. The minimum atomic E-state index is -0.358. The Morgan fingerprint density at radius 2 is 2.20 bits per heavy atom. The molecule has 3 aromatic rings. The van der Waals surface area contributed by atoms with Crippen LogP contribution >= 0.6 is 0 Å². The van der Waals surface area contributed by atoms with E-state index >= 15 is 0 Å². The highest BCUT2D eigenvalue weighted by Crippen LogP contribution is 2.22. The summed E-state index contributed by atoms with van der Waals surface area (Å²) in [6, 6.07) is 7.72. The molecule has 7 heteroatoms. The van der Waals surface area contributed by atoms with Crippen LogP contribution in [0, 0.1) is 5.82 Å². The van der Waals surface area contributed by atoms with Crippen LogP contribution < -0.4 is 10.5 Å². The maximum Gasteiger partial charge on any atom is 0.254 e. The highest BCUT2D eigenvalue weighted by molar-refractivity contribution is 5.35. The van der Waals surface area contributed by atoms with Crippen molar-refractivity contribution < 1.29 is 9.13 Å². The first-order valence-electron chi connectivity index (χ1n) is 6.03. The third kappa shape index (κ3) is 2.25. The molecular formula is C13H12FN5O. The van der Waals surface area contributed by atoms with Crippen LogP contribution in [0.2, 0.25) is 0 Å². The lowest BCUT2D eigenvalue weighted by atomic mass is 10.2. The first-order chi connectivity index (χ1) is 9.63. The largest absolute Gasteiger partial charge is 0.484 e. The van der Waals surface area contributed by atoms with Gasteiger partial charge in [0.1, 0.15) is 17.7 Å². The molecule has 2 heterocycles. The van der Waals surface area contributed by atoms with E-state index in [1.807, 2.05) is 6.92 Å². The van der Waals surface area contributed by atoms with Crippen molar-refractivity contribution in [1.29, 1.82) is 0 Å². The van der Waals surface area contributed by atoms with Crippen molar-refractivity contribution in [2.24, 2.45) is 0 Å². The molecule has 102 valence electrons. The fourth-order valence-electron chi connectivity index (χ4n) is 1.94. The Bertz CT molecular complexity index is 757. The van der Waals surface area contributed by atoms with Crippen molar-refractivity contribution in [1.82, 2.24) is 19.6 Å². The SMILES string of the molecule is C[C@H](Oc1cccc(F)c1)c1ccnc2nc(N)nn12. The summed E-state index contributed by atoms with van der Waals surface area (Å²) in [5, 5.41) is 4.06. The summed E-state index contributed by atoms with van der Waals surface area (Å²) >= 11 is 0. The maximum atomic E-state index is 13.1. The first kappa shape index (κ1) is 12.3. The predicted molar refractivity (Wildman–Crippen MR) is 70.6 cm³/mol. The number of nitrogens with zero attached hydrogens (tertiary/aromatic N) is 4. The number of ether oxygens (including phenoxy) is 1. The monoisotopic (exact) mass is 273 g/mol. The fourth-order valence-corrected chi connectivity index (χ4v) is 1.94. The summed E-state index contributed by atoms with van der Waals surface area (Å²) in [6.07, 6.45) is 1.24. The van der Waals surface area contributed by atoms with Crippen LogP contribution in [-0.2, 0) is 0 Å². The average Bonchev–Trinajstić information content (AvgIpc) is 2.78. The molecule has 0 bridgehead atoms. The van der Waals surface area contributed by atoms with E-state index < -0.39 is 0 Å². The molecule has 2 aromatic heterocycles. The van der Waals surface area contributed by atoms with E-state index in [4.69, 9.17) is 10.5 Å². The van der Waals surface area contributed by atoms with Gasteiger partial charge < -0.3 is 10.5 Å². The third-order valence-electron chi connectivity index (χ3n) is 2.81. The van der Waals surface area contributed by atoms with Crippen molar-refractivity contribution in [3.05, 3.63) is 48.0 Å². The number of aromatic nitrogens is 4. The number of halogens is 1. The molecule has 0 aliphatic carbocycles. The Morgan fingerprint density at radius 1 is 1.35 bits per heavy atom. The molecule has 20 heavy (non-hydrogen) atoms. The van der Waals surface area contributed by atoms with Crippen molar-refractivity contribution in [2.45, 2.75) is 13.0 Å². The van der Waals surface area contributed by atoms with Gasteiger partial charge in [-0.05, 0) is 25.1 Å². The van der Waals surface area contributed by atoms with Crippen LogP contribution in [0.4, 0.5) is 10.3 Å². The zero-order valence-corrected chi connectivity index (χ0v) is 10.7. The number of nitrogens with two attached hydrogens (primary N) is 1. The molecule has 0 aliphatic heterocycles. The molecule has 0 aliphatic rings. The van der Waals surface area contributed by atoms with Crippen LogP contribution in [0.3, 0.4) is 0 Å². The Labute approximate surface area is 114 Å². The second-order valence-electron chi connectivity index (χ2n) is 4.27. The van der Waals surface area contributed by atoms with Crippen molar-refractivity contribution in [2.75, 3.05) is 5.73 Å². The van der Waals surface area contributed by atoms with Gasteiger partial charge in [-0.25, -0.2) is 9.37 Å². The van der Waals surface area contributed by atoms with E-state index in [0.717, 1.165) is 5.69 Å². The van der Waals surface area contributed by atoms with Gasteiger partial charge in [-0.3, -0.25) is 0 Å². The maximum absolute atomic E-state index is 13.1. The molecular weight excluding hydrogens is 261 g/mol. The smallest absolute Gasteiger partial charge is 0.254 e. The number of hydrogen-bond donors (Lipinski definition) is 1. The predicted octanol–water partition coefficient (Wildman–Crippen LogP) is 1.99. The van der Waals surface area contributed by atoms with Gasteiger partial charge in [0.2, 0.25) is 5.95 Å². The molecule has 0 unspecified atom stereocenters. The van der Waals surface area contributed by atoms with E-state index in [2.05, 4.69) is 15.1 Å². The van der Waals surface area contributed by atoms with E-state index in [9.17, 15) is 4.39 Å². The molecule has 1 atom stereocenters. The zero-order chi connectivity index (χ0) is 14.1. The van der Waals surface area contributed by atoms with Gasteiger partial charge in [0.15, 0.2) is 0 Å². The highest BCUT2D eigenvalue weighted by atomic mass is 19.1. The van der Waals surface area contributed by atoms with Crippen LogP contribution in [0.5, 0.6) is 5.75 Å². The van der Waals surface area contributed by atoms with Crippen molar-refractivity contribution >= 4 is 11.7 Å². The Morgan fingerprint density at radius 3 is 3.00 bits per heavy atom. The summed E-state index contributed by atoms with van der Waals surface area (Å²) in [6.45, 7) is 1.83.